The Kier molecular flexibility index (Phi) is 8.51. The maximum atomic E-state index is 12.2. The van der Waals surface area contributed by atoms with Crippen molar-refractivity contribution in [2.75, 3.05) is 13.6 Å². The molecular weight excluding hydrogens is 254 g/mol. The smallest absolute Gasteiger partial charge is 0.307 e. The van der Waals surface area contributed by atoms with Crippen LogP contribution in [0.3, 0.4) is 0 Å². The monoisotopic (exact) mass is 283 g/mol. The standard InChI is InChI=1S/C16H29NO3/c1-17-12-8-4-2-3-5-11-15(18)13-9-6-7-10-14(13)16(19)20/h13-14,17H,2-12H2,1H3,(H,19,20). The van der Waals surface area contributed by atoms with Crippen molar-refractivity contribution in [3.05, 3.63) is 0 Å². The molecule has 4 heteroatoms. The van der Waals surface area contributed by atoms with Gasteiger partial charge in [-0.1, -0.05) is 32.1 Å². The molecule has 116 valence electrons. The number of carbonyl (C=O) groups excluding carboxylic acids is 1. The number of Topliss-reactive ketones (excluding diaryl/α,β-unsaturated/α-hetero) is 1. The maximum absolute atomic E-state index is 12.2. The van der Waals surface area contributed by atoms with Crippen LogP contribution in [0.5, 0.6) is 0 Å². The molecule has 2 unspecified atom stereocenters. The van der Waals surface area contributed by atoms with Crippen LogP contribution in [0.25, 0.3) is 0 Å². The fourth-order valence-corrected chi connectivity index (χ4v) is 3.13. The van der Waals surface area contributed by atoms with Crippen LogP contribution in [-0.4, -0.2) is 30.5 Å². The first kappa shape index (κ1) is 17.2. The lowest BCUT2D eigenvalue weighted by Gasteiger charge is -2.27. The van der Waals surface area contributed by atoms with Crippen LogP contribution in [0.15, 0.2) is 0 Å². The molecule has 0 amide bonds. The summed E-state index contributed by atoms with van der Waals surface area (Å²) in [5.41, 5.74) is 0. The second kappa shape index (κ2) is 9.92. The third kappa shape index (κ3) is 6.04. The van der Waals surface area contributed by atoms with Gasteiger partial charge in [0.2, 0.25) is 0 Å². The Labute approximate surface area is 122 Å². The van der Waals surface area contributed by atoms with E-state index in [-0.39, 0.29) is 11.7 Å². The highest BCUT2D eigenvalue weighted by Crippen LogP contribution is 2.32. The number of carboxylic acids is 1. The van der Waals surface area contributed by atoms with Gasteiger partial charge in [-0.3, -0.25) is 9.59 Å². The van der Waals surface area contributed by atoms with Gasteiger partial charge < -0.3 is 10.4 Å². The molecule has 20 heavy (non-hydrogen) atoms. The Hall–Kier alpha value is -0.900. The Morgan fingerprint density at radius 3 is 2.25 bits per heavy atom. The zero-order valence-corrected chi connectivity index (χ0v) is 12.7. The molecule has 0 aromatic carbocycles. The molecule has 0 aromatic rings. The second-order valence-corrected chi connectivity index (χ2v) is 5.92. The van der Waals surface area contributed by atoms with E-state index >= 15 is 0 Å². The van der Waals surface area contributed by atoms with E-state index in [1.54, 1.807) is 0 Å². The van der Waals surface area contributed by atoms with Gasteiger partial charge in [-0.15, -0.1) is 0 Å². The van der Waals surface area contributed by atoms with Gasteiger partial charge in [0.15, 0.2) is 0 Å². The van der Waals surface area contributed by atoms with Gasteiger partial charge >= 0.3 is 5.97 Å². The summed E-state index contributed by atoms with van der Waals surface area (Å²) in [4.78, 5) is 23.4. The zero-order valence-electron chi connectivity index (χ0n) is 12.7. The van der Waals surface area contributed by atoms with Crippen LogP contribution in [0.2, 0.25) is 0 Å². The summed E-state index contributed by atoms with van der Waals surface area (Å²) in [6.45, 7) is 1.06. The first-order valence-corrected chi connectivity index (χ1v) is 8.07. The van der Waals surface area contributed by atoms with Crippen LogP contribution in [0.1, 0.15) is 64.2 Å². The van der Waals surface area contributed by atoms with E-state index in [0.29, 0.717) is 12.8 Å². The number of nitrogens with one attached hydrogen (secondary N) is 1. The van der Waals surface area contributed by atoms with Crippen LogP contribution >= 0.6 is 0 Å². The van der Waals surface area contributed by atoms with Crippen LogP contribution in [0, 0.1) is 11.8 Å². The van der Waals surface area contributed by atoms with E-state index in [4.69, 9.17) is 0 Å². The third-order valence-corrected chi connectivity index (χ3v) is 4.35. The Bertz CT molecular complexity index is 304. The average Bonchev–Trinajstić information content (AvgIpc) is 2.46. The molecular formula is C16H29NO3. The summed E-state index contributed by atoms with van der Waals surface area (Å²) in [5, 5.41) is 12.3. The number of rotatable bonds is 10. The lowest BCUT2D eigenvalue weighted by molar-refractivity contribution is -0.148. The topological polar surface area (TPSA) is 66.4 Å². The Balaban J connectivity index is 2.19. The summed E-state index contributed by atoms with van der Waals surface area (Å²) >= 11 is 0. The zero-order chi connectivity index (χ0) is 14.8. The third-order valence-electron chi connectivity index (χ3n) is 4.35. The minimum absolute atomic E-state index is 0.187. The fraction of sp³-hybridized carbons (Fsp3) is 0.875. The number of carboxylic acid groups (broad SMARTS) is 1. The van der Waals surface area contributed by atoms with Crippen molar-refractivity contribution in [2.45, 2.75) is 64.2 Å². The number of aliphatic carboxylic acids is 1. The van der Waals surface area contributed by atoms with Gasteiger partial charge in [-0.05, 0) is 39.3 Å². The molecule has 1 aliphatic carbocycles. The number of carbonyl (C=O) groups is 2. The summed E-state index contributed by atoms with van der Waals surface area (Å²) < 4.78 is 0. The van der Waals surface area contributed by atoms with Crippen molar-refractivity contribution >= 4 is 11.8 Å². The van der Waals surface area contributed by atoms with Gasteiger partial charge in [0.1, 0.15) is 5.78 Å². The molecule has 0 radical (unpaired) electrons. The molecule has 0 aromatic heterocycles. The molecule has 1 saturated carbocycles. The van der Waals surface area contributed by atoms with E-state index in [0.717, 1.165) is 38.6 Å². The molecule has 2 N–H and O–H groups in total. The maximum Gasteiger partial charge on any atom is 0.307 e. The Morgan fingerprint density at radius 1 is 1.00 bits per heavy atom. The number of hydrogen-bond donors (Lipinski definition) is 2. The second-order valence-electron chi connectivity index (χ2n) is 5.92. The van der Waals surface area contributed by atoms with Gasteiger partial charge in [-0.25, -0.2) is 0 Å². The number of hydrogen-bond acceptors (Lipinski definition) is 3. The summed E-state index contributed by atoms with van der Waals surface area (Å²) in [5.74, 6) is -1.24. The molecule has 0 saturated heterocycles. The largest absolute Gasteiger partial charge is 0.481 e. The highest BCUT2D eigenvalue weighted by atomic mass is 16.4. The quantitative estimate of drug-likeness (QED) is 0.605. The van der Waals surface area contributed by atoms with Gasteiger partial charge in [0.25, 0.3) is 0 Å². The predicted octanol–water partition coefficient (Wildman–Crippen LogP) is 3.01. The van der Waals surface area contributed by atoms with E-state index in [1.165, 1.54) is 19.3 Å². The summed E-state index contributed by atoms with van der Waals surface area (Å²) in [6, 6.07) is 0. The molecule has 0 heterocycles. The predicted molar refractivity (Wildman–Crippen MR) is 79.7 cm³/mol. The van der Waals surface area contributed by atoms with Crippen LogP contribution in [-0.2, 0) is 9.59 Å². The van der Waals surface area contributed by atoms with Gasteiger partial charge in [0, 0.05) is 12.3 Å². The molecule has 1 rings (SSSR count). The minimum Gasteiger partial charge on any atom is -0.481 e. The molecule has 2 atom stereocenters. The summed E-state index contributed by atoms with van der Waals surface area (Å²) in [6.07, 6.45) is 9.54. The molecule has 0 aliphatic heterocycles. The van der Waals surface area contributed by atoms with Crippen molar-refractivity contribution < 1.29 is 14.7 Å². The normalized spacial score (nSPS) is 22.6. The molecule has 1 aliphatic rings. The first-order chi connectivity index (χ1) is 9.66. The van der Waals surface area contributed by atoms with E-state index in [1.807, 2.05) is 7.05 Å². The average molecular weight is 283 g/mol. The van der Waals surface area contributed by atoms with Crippen LogP contribution < -0.4 is 5.32 Å². The van der Waals surface area contributed by atoms with E-state index in [9.17, 15) is 14.7 Å². The SMILES string of the molecule is CNCCCCCCCC(=O)C1CCCCC1C(=O)O. The van der Waals surface area contributed by atoms with Crippen molar-refractivity contribution in [2.24, 2.45) is 11.8 Å². The number of ketones is 1. The van der Waals surface area contributed by atoms with Crippen molar-refractivity contribution in [3.8, 4) is 0 Å². The molecule has 0 bridgehead atoms. The van der Waals surface area contributed by atoms with Crippen molar-refractivity contribution in [3.63, 3.8) is 0 Å². The van der Waals surface area contributed by atoms with Crippen molar-refractivity contribution in [1.82, 2.24) is 5.32 Å². The molecule has 1 fully saturated rings. The fourth-order valence-electron chi connectivity index (χ4n) is 3.13. The lowest BCUT2D eigenvalue weighted by atomic mass is 9.76. The van der Waals surface area contributed by atoms with Gasteiger partial charge in [0.05, 0.1) is 5.92 Å². The first-order valence-electron chi connectivity index (χ1n) is 8.07. The molecule has 4 nitrogen and oxygen atoms in total. The van der Waals surface area contributed by atoms with E-state index in [2.05, 4.69) is 5.32 Å². The minimum atomic E-state index is -0.782. The Morgan fingerprint density at radius 2 is 1.60 bits per heavy atom. The summed E-state index contributed by atoms with van der Waals surface area (Å²) in [7, 11) is 1.96. The molecule has 0 spiro atoms. The van der Waals surface area contributed by atoms with E-state index < -0.39 is 11.9 Å². The van der Waals surface area contributed by atoms with Crippen molar-refractivity contribution in [1.29, 1.82) is 0 Å². The van der Waals surface area contributed by atoms with Gasteiger partial charge in [-0.2, -0.15) is 0 Å². The lowest BCUT2D eigenvalue weighted by Crippen LogP contribution is -2.32. The highest BCUT2D eigenvalue weighted by molar-refractivity contribution is 5.86. The van der Waals surface area contributed by atoms with Crippen LogP contribution in [0.4, 0.5) is 0 Å². The highest BCUT2D eigenvalue weighted by Gasteiger charge is 2.34. The number of unbranched alkanes of at least 4 members (excludes halogenated alkanes) is 4.